The Labute approximate surface area is 98.0 Å². The van der Waals surface area contributed by atoms with Crippen molar-refractivity contribution < 1.29 is 9.59 Å². The van der Waals surface area contributed by atoms with Crippen LogP contribution < -0.4 is 5.32 Å². The van der Waals surface area contributed by atoms with Crippen LogP contribution in [0.4, 0.5) is 0 Å². The topological polar surface area (TPSA) is 46.2 Å². The number of amides is 1. The van der Waals surface area contributed by atoms with Crippen LogP contribution in [0.5, 0.6) is 0 Å². The van der Waals surface area contributed by atoms with E-state index in [1.165, 1.54) is 0 Å². The Hall–Kier alpha value is -0.860. The molecule has 0 heterocycles. The van der Waals surface area contributed by atoms with Crippen molar-refractivity contribution in [2.24, 2.45) is 16.7 Å². The predicted molar refractivity (Wildman–Crippen MR) is 64.0 cm³/mol. The van der Waals surface area contributed by atoms with E-state index in [4.69, 9.17) is 0 Å². The van der Waals surface area contributed by atoms with Gasteiger partial charge in [0.2, 0.25) is 5.91 Å². The summed E-state index contributed by atoms with van der Waals surface area (Å²) in [5.74, 6) is 0.126. The van der Waals surface area contributed by atoms with Gasteiger partial charge < -0.3 is 5.32 Å². The monoisotopic (exact) mass is 225 g/mol. The van der Waals surface area contributed by atoms with E-state index in [2.05, 4.69) is 33.0 Å². The van der Waals surface area contributed by atoms with Crippen molar-refractivity contribution in [1.29, 1.82) is 0 Å². The molecule has 0 bridgehead atoms. The van der Waals surface area contributed by atoms with Gasteiger partial charge in [-0.25, -0.2) is 0 Å². The van der Waals surface area contributed by atoms with Crippen molar-refractivity contribution in [3.05, 3.63) is 0 Å². The molecule has 1 aliphatic rings. The molecule has 1 fully saturated rings. The fourth-order valence-corrected chi connectivity index (χ4v) is 2.54. The maximum absolute atomic E-state index is 12.0. The largest absolute Gasteiger partial charge is 0.346 e. The number of hydrogen-bond donors (Lipinski definition) is 1. The zero-order chi connectivity index (χ0) is 12.7. The third-order valence-corrected chi connectivity index (χ3v) is 4.47. The number of carbonyl (C=O) groups excluding carboxylic acids is 2. The Kier molecular flexibility index (Phi) is 3.19. The summed E-state index contributed by atoms with van der Waals surface area (Å²) in [7, 11) is 0. The average molecular weight is 225 g/mol. The van der Waals surface area contributed by atoms with Crippen LogP contribution in [0.3, 0.4) is 0 Å². The standard InChI is InChI=1S/C13H23NO2/c1-7-9(15)8(2)14-11(16)10-12(3,4)13(10,5)6/h8,10H,7H2,1-6H3,(H,14,16). The third kappa shape index (κ3) is 1.87. The first-order valence-electron chi connectivity index (χ1n) is 5.99. The van der Waals surface area contributed by atoms with Crippen LogP contribution >= 0.6 is 0 Å². The number of rotatable bonds is 4. The van der Waals surface area contributed by atoms with Crippen molar-refractivity contribution in [3.8, 4) is 0 Å². The highest BCUT2D eigenvalue weighted by Gasteiger charge is 2.68. The molecule has 0 aromatic rings. The van der Waals surface area contributed by atoms with Gasteiger partial charge in [-0.1, -0.05) is 34.6 Å². The number of hydrogen-bond acceptors (Lipinski definition) is 2. The van der Waals surface area contributed by atoms with Crippen LogP contribution in [0.15, 0.2) is 0 Å². The van der Waals surface area contributed by atoms with Crippen LogP contribution in [-0.4, -0.2) is 17.7 Å². The van der Waals surface area contributed by atoms with Crippen LogP contribution in [0.25, 0.3) is 0 Å². The summed E-state index contributed by atoms with van der Waals surface area (Å²) in [5.41, 5.74) is 0.0676. The van der Waals surface area contributed by atoms with Gasteiger partial charge in [-0.15, -0.1) is 0 Å². The Balaban J connectivity index is 2.60. The van der Waals surface area contributed by atoms with E-state index in [1.807, 2.05) is 6.92 Å². The maximum Gasteiger partial charge on any atom is 0.224 e. The highest BCUT2D eigenvalue weighted by Crippen LogP contribution is 2.68. The third-order valence-electron chi connectivity index (χ3n) is 4.47. The van der Waals surface area contributed by atoms with Gasteiger partial charge in [0.1, 0.15) is 0 Å². The second kappa shape index (κ2) is 3.86. The maximum atomic E-state index is 12.0. The van der Waals surface area contributed by atoms with Crippen LogP contribution in [0, 0.1) is 16.7 Å². The molecule has 16 heavy (non-hydrogen) atoms. The molecule has 1 N–H and O–H groups in total. The molecular formula is C13H23NO2. The first-order valence-corrected chi connectivity index (χ1v) is 5.99. The number of nitrogens with one attached hydrogen (secondary N) is 1. The van der Waals surface area contributed by atoms with E-state index in [1.54, 1.807) is 6.92 Å². The summed E-state index contributed by atoms with van der Waals surface area (Å²) < 4.78 is 0. The second-order valence-electron chi connectivity index (χ2n) is 5.93. The molecule has 3 nitrogen and oxygen atoms in total. The molecule has 0 spiro atoms. The highest BCUT2D eigenvalue weighted by atomic mass is 16.2. The lowest BCUT2D eigenvalue weighted by atomic mass is 10.0. The molecule has 1 unspecified atom stereocenters. The molecule has 0 aromatic heterocycles. The molecule has 1 amide bonds. The summed E-state index contributed by atoms with van der Waals surface area (Å²) in [5, 5.41) is 2.82. The van der Waals surface area contributed by atoms with Gasteiger partial charge in [-0.3, -0.25) is 9.59 Å². The minimum absolute atomic E-state index is 0.0179. The minimum Gasteiger partial charge on any atom is -0.346 e. The minimum atomic E-state index is -0.357. The zero-order valence-corrected chi connectivity index (χ0v) is 11.2. The summed E-state index contributed by atoms with van der Waals surface area (Å²) in [6.07, 6.45) is 0.471. The molecule has 0 aromatic carbocycles. The lowest BCUT2D eigenvalue weighted by Gasteiger charge is -2.12. The van der Waals surface area contributed by atoms with Gasteiger partial charge >= 0.3 is 0 Å². The second-order valence-corrected chi connectivity index (χ2v) is 5.93. The van der Waals surface area contributed by atoms with E-state index in [0.29, 0.717) is 6.42 Å². The van der Waals surface area contributed by atoms with Gasteiger partial charge in [0.15, 0.2) is 5.78 Å². The Morgan fingerprint density at radius 3 is 1.94 bits per heavy atom. The van der Waals surface area contributed by atoms with Crippen molar-refractivity contribution in [3.63, 3.8) is 0 Å². The van der Waals surface area contributed by atoms with Crippen molar-refractivity contribution >= 4 is 11.7 Å². The zero-order valence-electron chi connectivity index (χ0n) is 11.2. The smallest absolute Gasteiger partial charge is 0.224 e. The van der Waals surface area contributed by atoms with Gasteiger partial charge in [0.05, 0.1) is 6.04 Å². The highest BCUT2D eigenvalue weighted by molar-refractivity contribution is 5.91. The molecule has 0 aliphatic heterocycles. The summed E-state index contributed by atoms with van der Waals surface area (Å²) in [6.45, 7) is 12.0. The average Bonchev–Trinajstić information content (AvgIpc) is 2.55. The summed E-state index contributed by atoms with van der Waals surface area (Å²) in [6, 6.07) is -0.357. The molecule has 1 atom stereocenters. The van der Waals surface area contributed by atoms with E-state index in [-0.39, 0.29) is 34.5 Å². The molecule has 92 valence electrons. The van der Waals surface area contributed by atoms with Crippen LogP contribution in [0.2, 0.25) is 0 Å². The van der Waals surface area contributed by atoms with Gasteiger partial charge in [-0.2, -0.15) is 0 Å². The Bertz CT molecular complexity index is 304. The number of ketones is 1. The van der Waals surface area contributed by atoms with E-state index in [0.717, 1.165) is 0 Å². The Morgan fingerprint density at radius 2 is 1.62 bits per heavy atom. The van der Waals surface area contributed by atoms with Crippen LogP contribution in [-0.2, 0) is 9.59 Å². The normalized spacial score (nSPS) is 23.6. The lowest BCUT2D eigenvalue weighted by Crippen LogP contribution is -2.40. The fourth-order valence-electron chi connectivity index (χ4n) is 2.54. The van der Waals surface area contributed by atoms with Gasteiger partial charge in [0.25, 0.3) is 0 Å². The first-order chi connectivity index (χ1) is 7.16. The quantitative estimate of drug-likeness (QED) is 0.797. The summed E-state index contributed by atoms with van der Waals surface area (Å²) >= 11 is 0. The molecular weight excluding hydrogens is 202 g/mol. The first kappa shape index (κ1) is 13.2. The van der Waals surface area contributed by atoms with Crippen molar-refractivity contribution in [2.75, 3.05) is 0 Å². The fraction of sp³-hybridized carbons (Fsp3) is 0.846. The molecule has 1 rings (SSSR count). The van der Waals surface area contributed by atoms with E-state index in [9.17, 15) is 9.59 Å². The summed E-state index contributed by atoms with van der Waals surface area (Å²) in [4.78, 5) is 23.4. The van der Waals surface area contributed by atoms with Gasteiger partial charge in [0, 0.05) is 12.3 Å². The van der Waals surface area contributed by atoms with Crippen molar-refractivity contribution in [1.82, 2.24) is 5.32 Å². The van der Waals surface area contributed by atoms with E-state index >= 15 is 0 Å². The SMILES string of the molecule is CCC(=O)C(C)NC(=O)C1C(C)(C)C1(C)C. The van der Waals surface area contributed by atoms with Gasteiger partial charge in [-0.05, 0) is 17.8 Å². The predicted octanol–water partition coefficient (Wildman–Crippen LogP) is 2.15. The van der Waals surface area contributed by atoms with E-state index < -0.39 is 0 Å². The van der Waals surface area contributed by atoms with Crippen LogP contribution in [0.1, 0.15) is 48.0 Å². The number of Topliss-reactive ketones (excluding diaryl/α,β-unsaturated/α-hetero) is 1. The molecule has 0 saturated heterocycles. The van der Waals surface area contributed by atoms with Crippen molar-refractivity contribution in [2.45, 2.75) is 54.0 Å². The molecule has 1 aliphatic carbocycles. The molecule has 3 heteroatoms. The molecule has 0 radical (unpaired) electrons. The lowest BCUT2D eigenvalue weighted by molar-refractivity contribution is -0.128. The Morgan fingerprint density at radius 1 is 1.19 bits per heavy atom. The number of carbonyl (C=O) groups is 2. The molecule has 1 saturated carbocycles.